The Balaban J connectivity index is 1.68. The molecule has 0 aromatic heterocycles. The minimum Gasteiger partial charge on any atom is -0.493 e. The summed E-state index contributed by atoms with van der Waals surface area (Å²) in [6, 6.07) is 12.6. The van der Waals surface area contributed by atoms with Crippen molar-refractivity contribution in [2.75, 3.05) is 18.4 Å². The molecule has 1 aliphatic rings. The van der Waals surface area contributed by atoms with Gasteiger partial charge in [-0.3, -0.25) is 4.72 Å². The van der Waals surface area contributed by atoms with Crippen LogP contribution in [0.25, 0.3) is 0 Å². The van der Waals surface area contributed by atoms with E-state index in [1.807, 2.05) is 12.1 Å². The molecule has 27 heavy (non-hydrogen) atoms. The summed E-state index contributed by atoms with van der Waals surface area (Å²) >= 11 is 5.99. The first-order valence-electron chi connectivity index (χ1n) is 8.48. The Morgan fingerprint density at radius 2 is 1.81 bits per heavy atom. The van der Waals surface area contributed by atoms with Crippen LogP contribution in [-0.2, 0) is 10.2 Å². The Bertz CT molecular complexity index is 929. The number of benzene rings is 2. The summed E-state index contributed by atoms with van der Waals surface area (Å²) in [6.45, 7) is 4.94. The molecule has 8 heteroatoms. The van der Waals surface area contributed by atoms with Gasteiger partial charge in [-0.15, -0.1) is 0 Å². The summed E-state index contributed by atoms with van der Waals surface area (Å²) in [6.07, 6.45) is 0. The second kappa shape index (κ2) is 7.22. The van der Waals surface area contributed by atoms with Crippen LogP contribution in [0.3, 0.4) is 0 Å². The van der Waals surface area contributed by atoms with E-state index in [0.29, 0.717) is 40.7 Å². The molecule has 2 atom stereocenters. The van der Waals surface area contributed by atoms with Crippen LogP contribution in [0.1, 0.15) is 25.3 Å². The number of nitrogens with two attached hydrogens (primary N) is 1. The highest BCUT2D eigenvalue weighted by atomic mass is 35.5. The largest absolute Gasteiger partial charge is 0.493 e. The van der Waals surface area contributed by atoms with E-state index in [1.165, 1.54) is 0 Å². The number of anilines is 1. The average Bonchev–Trinajstić information content (AvgIpc) is 3.13. The van der Waals surface area contributed by atoms with Crippen LogP contribution in [0.2, 0.25) is 5.02 Å². The third kappa shape index (κ3) is 4.48. The normalized spacial score (nSPS) is 20.8. The number of methoxy groups -OCH3 is 1. The predicted molar refractivity (Wildman–Crippen MR) is 107 cm³/mol. The van der Waals surface area contributed by atoms with Gasteiger partial charge in [0.25, 0.3) is 10.2 Å². The van der Waals surface area contributed by atoms with Gasteiger partial charge < -0.3 is 9.47 Å². The van der Waals surface area contributed by atoms with Gasteiger partial charge >= 0.3 is 0 Å². The Morgan fingerprint density at radius 1 is 1.15 bits per heavy atom. The van der Waals surface area contributed by atoms with E-state index >= 15 is 0 Å². The highest BCUT2D eigenvalue weighted by Crippen LogP contribution is 2.64. The summed E-state index contributed by atoms with van der Waals surface area (Å²) in [5.41, 5.74) is 1.66. The zero-order valence-corrected chi connectivity index (χ0v) is 17.0. The fourth-order valence-corrected chi connectivity index (χ4v) is 4.21. The van der Waals surface area contributed by atoms with Gasteiger partial charge in [0.1, 0.15) is 0 Å². The van der Waals surface area contributed by atoms with Crippen LogP contribution >= 0.6 is 11.6 Å². The molecule has 0 saturated heterocycles. The first-order chi connectivity index (χ1) is 12.6. The fraction of sp³-hybridized carbons (Fsp3) is 0.368. The second-order valence-electron chi connectivity index (χ2n) is 7.28. The molecule has 0 bridgehead atoms. The smallest absolute Gasteiger partial charge is 0.296 e. The molecule has 0 heterocycles. The topological polar surface area (TPSA) is 90.7 Å². The highest BCUT2D eigenvalue weighted by molar-refractivity contribution is 7.90. The van der Waals surface area contributed by atoms with Gasteiger partial charge in [-0.25, -0.2) is 5.14 Å². The molecule has 1 saturated carbocycles. The molecular formula is C19H23ClN2O4S. The third-order valence-electron chi connectivity index (χ3n) is 5.12. The van der Waals surface area contributed by atoms with Crippen LogP contribution in [0.5, 0.6) is 11.5 Å². The molecular weight excluding hydrogens is 388 g/mol. The molecule has 0 spiro atoms. The lowest BCUT2D eigenvalue weighted by molar-refractivity contribution is 0.264. The number of rotatable bonds is 7. The van der Waals surface area contributed by atoms with Crippen LogP contribution in [0.15, 0.2) is 42.5 Å². The van der Waals surface area contributed by atoms with Crippen molar-refractivity contribution in [1.82, 2.24) is 0 Å². The quantitative estimate of drug-likeness (QED) is 0.726. The Labute approximate surface area is 164 Å². The van der Waals surface area contributed by atoms with E-state index in [9.17, 15) is 8.42 Å². The van der Waals surface area contributed by atoms with Crippen molar-refractivity contribution < 1.29 is 17.9 Å². The maximum absolute atomic E-state index is 11.1. The number of hydrogen-bond acceptors (Lipinski definition) is 4. The number of hydrogen-bond donors (Lipinski definition) is 2. The molecule has 146 valence electrons. The first kappa shape index (κ1) is 19.8. The SMILES string of the molecule is COc1cc(Cl)ccc1OC[C@H]1[C@H](c2ccc(NS(N)(=O)=O)cc2)C1(C)C. The second-order valence-corrected chi connectivity index (χ2v) is 9.01. The summed E-state index contributed by atoms with van der Waals surface area (Å²) in [7, 11) is -2.19. The molecule has 2 aromatic rings. The van der Waals surface area contributed by atoms with Gasteiger partial charge in [0.2, 0.25) is 0 Å². The van der Waals surface area contributed by atoms with E-state index < -0.39 is 10.2 Å². The van der Waals surface area contributed by atoms with E-state index in [1.54, 1.807) is 37.4 Å². The molecule has 0 unspecified atom stereocenters. The molecule has 1 fully saturated rings. The van der Waals surface area contributed by atoms with Gasteiger partial charge in [-0.2, -0.15) is 8.42 Å². The van der Waals surface area contributed by atoms with Crippen molar-refractivity contribution in [1.29, 1.82) is 0 Å². The lowest BCUT2D eigenvalue weighted by Gasteiger charge is -2.11. The minimum atomic E-state index is -3.77. The lowest BCUT2D eigenvalue weighted by Crippen LogP contribution is -2.21. The van der Waals surface area contributed by atoms with Gasteiger partial charge in [0.15, 0.2) is 11.5 Å². The molecule has 2 aromatic carbocycles. The van der Waals surface area contributed by atoms with Crippen molar-refractivity contribution in [3.05, 3.63) is 53.1 Å². The predicted octanol–water partition coefficient (Wildman–Crippen LogP) is 3.78. The van der Waals surface area contributed by atoms with Crippen molar-refractivity contribution in [2.45, 2.75) is 19.8 Å². The van der Waals surface area contributed by atoms with Crippen LogP contribution < -0.4 is 19.3 Å². The Morgan fingerprint density at radius 3 is 2.41 bits per heavy atom. The summed E-state index contributed by atoms with van der Waals surface area (Å²) < 4.78 is 35.8. The maximum atomic E-state index is 11.1. The summed E-state index contributed by atoms with van der Waals surface area (Å²) in [5.74, 6) is 1.92. The maximum Gasteiger partial charge on any atom is 0.296 e. The average molecular weight is 411 g/mol. The number of nitrogens with one attached hydrogen (secondary N) is 1. The number of ether oxygens (including phenoxy) is 2. The summed E-state index contributed by atoms with van der Waals surface area (Å²) in [4.78, 5) is 0. The summed E-state index contributed by atoms with van der Waals surface area (Å²) in [5, 5.41) is 5.59. The zero-order chi connectivity index (χ0) is 19.8. The van der Waals surface area contributed by atoms with Crippen LogP contribution in [0, 0.1) is 11.3 Å². The molecule has 3 N–H and O–H groups in total. The Hall–Kier alpha value is -1.96. The van der Waals surface area contributed by atoms with Crippen molar-refractivity contribution in [3.8, 4) is 11.5 Å². The van der Waals surface area contributed by atoms with Crippen molar-refractivity contribution in [2.24, 2.45) is 16.5 Å². The minimum absolute atomic E-state index is 0.0779. The lowest BCUT2D eigenvalue weighted by atomic mass is 10.0. The van der Waals surface area contributed by atoms with Gasteiger partial charge in [0, 0.05) is 22.7 Å². The molecule has 3 rings (SSSR count). The van der Waals surface area contributed by atoms with Gasteiger partial charge in [0.05, 0.1) is 13.7 Å². The van der Waals surface area contributed by atoms with Crippen molar-refractivity contribution >= 4 is 27.5 Å². The third-order valence-corrected chi connectivity index (χ3v) is 5.88. The van der Waals surface area contributed by atoms with E-state index in [2.05, 4.69) is 18.6 Å². The number of halogens is 1. The van der Waals surface area contributed by atoms with Crippen LogP contribution in [-0.4, -0.2) is 22.1 Å². The van der Waals surface area contributed by atoms with E-state index in [0.717, 1.165) is 5.56 Å². The monoisotopic (exact) mass is 410 g/mol. The van der Waals surface area contributed by atoms with Crippen LogP contribution in [0.4, 0.5) is 5.69 Å². The van der Waals surface area contributed by atoms with Gasteiger partial charge in [-0.1, -0.05) is 37.6 Å². The standard InChI is InChI=1S/C19H23ClN2O4S/c1-19(2)15(11-26-16-9-6-13(20)10-17(16)25-3)18(19)12-4-7-14(8-5-12)22-27(21,23)24/h4-10,15,18,22H,11H2,1-3H3,(H2,21,23,24)/t15-,18-/m0/s1. The van der Waals surface area contributed by atoms with Gasteiger partial charge in [-0.05, 0) is 41.2 Å². The molecule has 0 aliphatic heterocycles. The molecule has 0 radical (unpaired) electrons. The molecule has 6 nitrogen and oxygen atoms in total. The van der Waals surface area contributed by atoms with E-state index in [-0.39, 0.29) is 5.41 Å². The zero-order valence-electron chi connectivity index (χ0n) is 15.4. The fourth-order valence-electron chi connectivity index (χ4n) is 3.58. The highest BCUT2D eigenvalue weighted by Gasteiger charge is 2.58. The van der Waals surface area contributed by atoms with Crippen molar-refractivity contribution in [3.63, 3.8) is 0 Å². The Kier molecular flexibility index (Phi) is 5.29. The molecule has 1 aliphatic carbocycles. The van der Waals surface area contributed by atoms with E-state index in [4.69, 9.17) is 26.2 Å². The molecule has 0 amide bonds. The first-order valence-corrected chi connectivity index (χ1v) is 10.4.